The summed E-state index contributed by atoms with van der Waals surface area (Å²) in [5.41, 5.74) is 0.428. The Balaban J connectivity index is 4.05. The number of nitrogens with zero attached hydrogens (tertiary/aromatic N) is 1. The van der Waals surface area contributed by atoms with E-state index in [9.17, 15) is 0 Å². The quantitative estimate of drug-likeness (QED) is 0.580. The smallest absolute Gasteiger partial charge is 0.109 e. The summed E-state index contributed by atoms with van der Waals surface area (Å²) in [6, 6.07) is 0. The van der Waals surface area contributed by atoms with Gasteiger partial charge in [0.25, 0.3) is 0 Å². The average Bonchev–Trinajstić information content (AvgIpc) is 1.81. The summed E-state index contributed by atoms with van der Waals surface area (Å²) in [5.74, 6) is 0. The maximum Gasteiger partial charge on any atom is 0.109 e. The Morgan fingerprint density at radius 2 is 1.50 bits per heavy atom. The minimum absolute atomic E-state index is 0.406. The van der Waals surface area contributed by atoms with Crippen molar-refractivity contribution in [1.29, 1.82) is 0 Å². The summed E-state index contributed by atoms with van der Waals surface area (Å²) < 4.78 is 0. The molecule has 0 rings (SSSR count). The van der Waals surface area contributed by atoms with Crippen LogP contribution in [0.3, 0.4) is 0 Å². The van der Waals surface area contributed by atoms with Crippen molar-refractivity contribution >= 4 is 7.85 Å². The zero-order valence-corrected chi connectivity index (χ0v) is 9.86. The third-order valence-corrected chi connectivity index (χ3v) is 3.21. The van der Waals surface area contributed by atoms with Gasteiger partial charge in [-0.25, -0.2) is 0 Å². The molecule has 0 heterocycles. The number of rotatable bonds is 4. The summed E-state index contributed by atoms with van der Waals surface area (Å²) in [7, 11) is 6.60. The molecule has 0 N–H and O–H groups in total. The lowest BCUT2D eigenvalue weighted by Gasteiger charge is -2.39. The summed E-state index contributed by atoms with van der Waals surface area (Å²) in [6.45, 7) is 10.5. The van der Waals surface area contributed by atoms with E-state index in [1.54, 1.807) is 0 Å². The molecule has 0 atom stereocenters. The molecule has 12 heavy (non-hydrogen) atoms. The van der Waals surface area contributed by atoms with Crippen LogP contribution in [-0.2, 0) is 0 Å². The molecule has 72 valence electrons. The molecule has 0 fully saturated rings. The van der Waals surface area contributed by atoms with Crippen LogP contribution < -0.4 is 0 Å². The molecule has 2 heteroatoms. The molecule has 0 aliphatic rings. The van der Waals surface area contributed by atoms with Gasteiger partial charge in [-0.1, -0.05) is 33.0 Å². The van der Waals surface area contributed by atoms with Crippen molar-refractivity contribution in [3.05, 3.63) is 0 Å². The van der Waals surface area contributed by atoms with Gasteiger partial charge in [-0.05, 0) is 32.5 Å². The van der Waals surface area contributed by atoms with Gasteiger partial charge < -0.3 is 4.90 Å². The fraction of sp³-hybridized carbons (Fsp3) is 1.00. The Bertz CT molecular complexity index is 133. The standard InChI is InChI=1S/C10H24BN/c1-9(2,10(3,4)11)7-8-12(5)6/h7-8,11H2,1-6H3. The third-order valence-electron chi connectivity index (χ3n) is 3.21. The van der Waals surface area contributed by atoms with Crippen LogP contribution in [0.4, 0.5) is 0 Å². The molecule has 0 aliphatic heterocycles. The highest BCUT2D eigenvalue weighted by molar-refractivity contribution is 6.15. The molecule has 0 aromatic heterocycles. The minimum atomic E-state index is 0.406. The number of hydrogen-bond donors (Lipinski definition) is 0. The van der Waals surface area contributed by atoms with Gasteiger partial charge in [0.2, 0.25) is 0 Å². The lowest BCUT2D eigenvalue weighted by Crippen LogP contribution is -2.30. The molecule has 0 saturated carbocycles. The van der Waals surface area contributed by atoms with E-state index in [1.165, 1.54) is 13.0 Å². The van der Waals surface area contributed by atoms with Gasteiger partial charge in [0, 0.05) is 0 Å². The molecule has 0 radical (unpaired) electrons. The summed E-state index contributed by atoms with van der Waals surface area (Å²) >= 11 is 0. The molecule has 0 saturated heterocycles. The molecule has 0 aromatic carbocycles. The van der Waals surface area contributed by atoms with Crippen molar-refractivity contribution < 1.29 is 0 Å². The fourth-order valence-corrected chi connectivity index (χ4v) is 0.878. The van der Waals surface area contributed by atoms with E-state index in [1.807, 2.05) is 0 Å². The third kappa shape index (κ3) is 3.62. The Morgan fingerprint density at radius 1 is 1.08 bits per heavy atom. The van der Waals surface area contributed by atoms with Gasteiger partial charge >= 0.3 is 0 Å². The Morgan fingerprint density at radius 3 is 1.75 bits per heavy atom. The van der Waals surface area contributed by atoms with E-state index in [0.717, 1.165) is 0 Å². The van der Waals surface area contributed by atoms with Crippen molar-refractivity contribution in [2.75, 3.05) is 20.6 Å². The van der Waals surface area contributed by atoms with E-state index in [4.69, 9.17) is 0 Å². The molecule has 0 bridgehead atoms. The predicted octanol–water partition coefficient (Wildman–Crippen LogP) is 1.80. The average molecular weight is 169 g/mol. The van der Waals surface area contributed by atoms with Gasteiger partial charge in [-0.2, -0.15) is 0 Å². The fourth-order valence-electron chi connectivity index (χ4n) is 0.878. The van der Waals surface area contributed by atoms with Crippen molar-refractivity contribution in [1.82, 2.24) is 4.90 Å². The first-order chi connectivity index (χ1) is 5.17. The second-order valence-electron chi connectivity index (χ2n) is 5.69. The normalized spacial score (nSPS) is 13.9. The summed E-state index contributed by atoms with van der Waals surface area (Å²) in [6.07, 6.45) is 1.27. The van der Waals surface area contributed by atoms with Crippen LogP contribution in [0.5, 0.6) is 0 Å². The molecule has 0 aliphatic carbocycles. The van der Waals surface area contributed by atoms with Crippen LogP contribution >= 0.6 is 0 Å². The highest BCUT2D eigenvalue weighted by atomic mass is 15.0. The van der Waals surface area contributed by atoms with E-state index in [0.29, 0.717) is 10.7 Å². The molecule has 1 nitrogen and oxygen atoms in total. The monoisotopic (exact) mass is 169 g/mol. The summed E-state index contributed by atoms with van der Waals surface area (Å²) in [5, 5.41) is 0.406. The largest absolute Gasteiger partial charge is 0.309 e. The predicted molar refractivity (Wildman–Crippen MR) is 59.5 cm³/mol. The van der Waals surface area contributed by atoms with Crippen LogP contribution in [0.1, 0.15) is 34.1 Å². The van der Waals surface area contributed by atoms with Crippen molar-refractivity contribution in [2.45, 2.75) is 39.4 Å². The lowest BCUT2D eigenvalue weighted by molar-refractivity contribution is 0.214. The van der Waals surface area contributed by atoms with Crippen LogP contribution in [0, 0.1) is 5.41 Å². The molecule has 0 amide bonds. The molecule has 0 unspecified atom stereocenters. The highest BCUT2D eigenvalue weighted by Gasteiger charge is 2.31. The highest BCUT2D eigenvalue weighted by Crippen LogP contribution is 2.44. The van der Waals surface area contributed by atoms with Gasteiger partial charge in [0.15, 0.2) is 0 Å². The van der Waals surface area contributed by atoms with Crippen LogP contribution in [0.15, 0.2) is 0 Å². The maximum atomic E-state index is 2.36. The van der Waals surface area contributed by atoms with Crippen molar-refractivity contribution in [3.8, 4) is 0 Å². The van der Waals surface area contributed by atoms with E-state index >= 15 is 0 Å². The van der Waals surface area contributed by atoms with E-state index in [-0.39, 0.29) is 0 Å². The van der Waals surface area contributed by atoms with Crippen LogP contribution in [0.25, 0.3) is 0 Å². The van der Waals surface area contributed by atoms with Crippen molar-refractivity contribution in [3.63, 3.8) is 0 Å². The molecular weight excluding hydrogens is 145 g/mol. The minimum Gasteiger partial charge on any atom is -0.309 e. The van der Waals surface area contributed by atoms with Gasteiger partial charge in [0.1, 0.15) is 7.85 Å². The van der Waals surface area contributed by atoms with Gasteiger partial charge in [-0.15, -0.1) is 0 Å². The Kier molecular flexibility index (Phi) is 3.83. The molecule has 0 spiro atoms. The van der Waals surface area contributed by atoms with Gasteiger partial charge in [-0.3, -0.25) is 0 Å². The van der Waals surface area contributed by atoms with Crippen molar-refractivity contribution in [2.24, 2.45) is 5.41 Å². The second kappa shape index (κ2) is 3.82. The first kappa shape index (κ1) is 12.0. The molecular formula is C10H24BN. The van der Waals surface area contributed by atoms with Crippen LogP contribution in [0.2, 0.25) is 5.31 Å². The van der Waals surface area contributed by atoms with Gasteiger partial charge in [0.05, 0.1) is 0 Å². The first-order valence-corrected chi connectivity index (χ1v) is 4.81. The first-order valence-electron chi connectivity index (χ1n) is 4.81. The van der Waals surface area contributed by atoms with Crippen LogP contribution in [-0.4, -0.2) is 33.4 Å². The van der Waals surface area contributed by atoms with E-state index < -0.39 is 0 Å². The topological polar surface area (TPSA) is 3.24 Å². The summed E-state index contributed by atoms with van der Waals surface area (Å²) in [4.78, 5) is 2.26. The molecule has 0 aromatic rings. The maximum absolute atomic E-state index is 2.36. The Hall–Kier alpha value is 0.0249. The second-order valence-corrected chi connectivity index (χ2v) is 5.69. The SMILES string of the molecule is BC(C)(C)C(C)(C)CCN(C)C. The number of hydrogen-bond acceptors (Lipinski definition) is 1. The lowest BCUT2D eigenvalue weighted by atomic mass is 9.55. The zero-order chi connectivity index (χ0) is 9.99. The zero-order valence-electron chi connectivity index (χ0n) is 9.86. The Labute approximate surface area is 78.9 Å². The van der Waals surface area contributed by atoms with E-state index in [2.05, 4.69) is 54.5 Å².